The van der Waals surface area contributed by atoms with E-state index in [2.05, 4.69) is 10.4 Å². The Balaban J connectivity index is 2.31. The van der Waals surface area contributed by atoms with Crippen molar-refractivity contribution in [1.82, 2.24) is 20.0 Å². The molecule has 1 aliphatic rings. The molecule has 1 fully saturated rings. The van der Waals surface area contributed by atoms with Crippen molar-refractivity contribution in [2.75, 3.05) is 19.3 Å². The lowest BCUT2D eigenvalue weighted by atomic mass is 10.2. The van der Waals surface area contributed by atoms with E-state index in [4.69, 9.17) is 5.73 Å². The highest BCUT2D eigenvalue weighted by atomic mass is 16.2. The summed E-state index contributed by atoms with van der Waals surface area (Å²) in [7, 11) is 3.26. The van der Waals surface area contributed by atoms with Gasteiger partial charge in [-0.3, -0.25) is 14.3 Å². The van der Waals surface area contributed by atoms with Crippen LogP contribution in [0.15, 0.2) is 0 Å². The molecule has 104 valence electrons. The first-order valence-corrected chi connectivity index (χ1v) is 6.29. The number of hydrogen-bond donors (Lipinski definition) is 2. The summed E-state index contributed by atoms with van der Waals surface area (Å²) in [5.74, 6) is -0.366. The number of anilines is 1. The predicted molar refractivity (Wildman–Crippen MR) is 70.5 cm³/mol. The number of amides is 2. The van der Waals surface area contributed by atoms with E-state index in [0.29, 0.717) is 30.0 Å². The number of nitrogens with one attached hydrogen (secondary N) is 1. The fraction of sp³-hybridized carbons (Fsp3) is 0.583. The Labute approximate surface area is 111 Å². The van der Waals surface area contributed by atoms with Crippen LogP contribution in [-0.4, -0.2) is 46.1 Å². The van der Waals surface area contributed by atoms with Crippen molar-refractivity contribution in [1.29, 1.82) is 0 Å². The first kappa shape index (κ1) is 13.4. The number of nitrogens with zero attached hydrogens (tertiary/aromatic N) is 3. The predicted octanol–water partition coefficient (Wildman–Crippen LogP) is -0.339. The summed E-state index contributed by atoms with van der Waals surface area (Å²) in [6.45, 7) is 2.33. The summed E-state index contributed by atoms with van der Waals surface area (Å²) in [4.78, 5) is 25.9. The average Bonchev–Trinajstić information content (AvgIpc) is 2.94. The number of likely N-dealkylation sites (tertiary alicyclic amines) is 1. The molecule has 2 amide bonds. The van der Waals surface area contributed by atoms with Crippen molar-refractivity contribution in [3.8, 4) is 0 Å². The third-order valence-corrected chi connectivity index (χ3v) is 3.53. The minimum atomic E-state index is -0.410. The highest BCUT2D eigenvalue weighted by Gasteiger charge is 2.36. The summed E-state index contributed by atoms with van der Waals surface area (Å²) in [5, 5.41) is 6.73. The second-order valence-corrected chi connectivity index (χ2v) is 4.74. The lowest BCUT2D eigenvalue weighted by molar-refractivity contribution is -0.124. The highest BCUT2D eigenvalue weighted by molar-refractivity contribution is 6.00. The quantitative estimate of drug-likeness (QED) is 0.765. The van der Waals surface area contributed by atoms with Gasteiger partial charge in [-0.2, -0.15) is 5.10 Å². The Morgan fingerprint density at radius 1 is 1.47 bits per heavy atom. The molecule has 0 aliphatic carbocycles. The molecule has 1 atom stereocenters. The first-order valence-electron chi connectivity index (χ1n) is 6.29. The molecule has 1 unspecified atom stereocenters. The van der Waals surface area contributed by atoms with Crippen LogP contribution in [-0.2, 0) is 11.8 Å². The second-order valence-electron chi connectivity index (χ2n) is 4.74. The van der Waals surface area contributed by atoms with Gasteiger partial charge in [-0.05, 0) is 19.8 Å². The zero-order chi connectivity index (χ0) is 14.2. The SMILES string of the molecule is CNC(=O)C1CCCN1C(=O)c1c(N)c(C)nn1C. The van der Waals surface area contributed by atoms with Crippen molar-refractivity contribution in [3.63, 3.8) is 0 Å². The van der Waals surface area contributed by atoms with Gasteiger partial charge >= 0.3 is 0 Å². The van der Waals surface area contributed by atoms with E-state index in [1.54, 1.807) is 25.9 Å². The van der Waals surface area contributed by atoms with Crippen LogP contribution >= 0.6 is 0 Å². The summed E-state index contributed by atoms with van der Waals surface area (Å²) in [6, 6.07) is -0.410. The van der Waals surface area contributed by atoms with Gasteiger partial charge in [-0.1, -0.05) is 0 Å². The van der Waals surface area contributed by atoms with Crippen molar-refractivity contribution < 1.29 is 9.59 Å². The molecule has 2 heterocycles. The molecule has 0 spiro atoms. The van der Waals surface area contributed by atoms with Crippen LogP contribution in [0.25, 0.3) is 0 Å². The van der Waals surface area contributed by atoms with E-state index < -0.39 is 6.04 Å². The Hall–Kier alpha value is -2.05. The maximum Gasteiger partial charge on any atom is 0.274 e. The monoisotopic (exact) mass is 265 g/mol. The van der Waals surface area contributed by atoms with Gasteiger partial charge in [0, 0.05) is 20.6 Å². The van der Waals surface area contributed by atoms with Crippen LogP contribution in [0.3, 0.4) is 0 Å². The van der Waals surface area contributed by atoms with E-state index in [1.165, 1.54) is 4.68 Å². The molecule has 1 saturated heterocycles. The Kier molecular flexibility index (Phi) is 3.46. The van der Waals surface area contributed by atoms with E-state index in [1.807, 2.05) is 0 Å². The van der Waals surface area contributed by atoms with E-state index in [-0.39, 0.29) is 11.8 Å². The number of nitrogen functional groups attached to an aromatic ring is 1. The molecule has 7 heteroatoms. The molecule has 0 aromatic carbocycles. The smallest absolute Gasteiger partial charge is 0.274 e. The number of nitrogens with two attached hydrogens (primary N) is 1. The third kappa shape index (κ3) is 2.16. The van der Waals surface area contributed by atoms with Gasteiger partial charge in [0.1, 0.15) is 11.7 Å². The molecule has 2 rings (SSSR count). The number of likely N-dealkylation sites (N-methyl/N-ethyl adjacent to an activating group) is 1. The summed E-state index contributed by atoms with van der Waals surface area (Å²) in [6.07, 6.45) is 1.50. The van der Waals surface area contributed by atoms with Gasteiger partial charge < -0.3 is 16.0 Å². The maximum absolute atomic E-state index is 12.5. The normalized spacial score (nSPS) is 18.7. The molecular weight excluding hydrogens is 246 g/mol. The molecule has 3 N–H and O–H groups in total. The standard InChI is InChI=1S/C12H19N5O2/c1-7-9(13)10(16(3)15-7)12(19)17-6-4-5-8(17)11(18)14-2/h8H,4-6,13H2,1-3H3,(H,14,18). The van der Waals surface area contributed by atoms with Gasteiger partial charge in [0.05, 0.1) is 11.4 Å². The van der Waals surface area contributed by atoms with Crippen LogP contribution in [0.4, 0.5) is 5.69 Å². The van der Waals surface area contributed by atoms with E-state index in [9.17, 15) is 9.59 Å². The fourth-order valence-corrected chi connectivity index (χ4v) is 2.51. The third-order valence-electron chi connectivity index (χ3n) is 3.53. The molecule has 0 saturated carbocycles. The summed E-state index contributed by atoms with van der Waals surface area (Å²) in [5.41, 5.74) is 7.26. The molecule has 19 heavy (non-hydrogen) atoms. The van der Waals surface area contributed by atoms with Gasteiger partial charge in [-0.25, -0.2) is 0 Å². The summed E-state index contributed by atoms with van der Waals surface area (Å²) >= 11 is 0. The fourth-order valence-electron chi connectivity index (χ4n) is 2.51. The number of hydrogen-bond acceptors (Lipinski definition) is 4. The minimum absolute atomic E-state index is 0.136. The van der Waals surface area contributed by atoms with Crippen LogP contribution < -0.4 is 11.1 Å². The maximum atomic E-state index is 12.5. The van der Waals surface area contributed by atoms with E-state index in [0.717, 1.165) is 6.42 Å². The van der Waals surface area contributed by atoms with Crippen LogP contribution in [0.5, 0.6) is 0 Å². The molecular formula is C12H19N5O2. The van der Waals surface area contributed by atoms with Crippen molar-refractivity contribution in [2.45, 2.75) is 25.8 Å². The topological polar surface area (TPSA) is 93.2 Å². The molecule has 7 nitrogen and oxygen atoms in total. The zero-order valence-electron chi connectivity index (χ0n) is 11.4. The van der Waals surface area contributed by atoms with Gasteiger partial charge in [0.2, 0.25) is 5.91 Å². The van der Waals surface area contributed by atoms with E-state index >= 15 is 0 Å². The second kappa shape index (κ2) is 4.91. The van der Waals surface area contributed by atoms with Crippen LogP contribution in [0.1, 0.15) is 29.0 Å². The number of rotatable bonds is 2. The molecule has 0 bridgehead atoms. The van der Waals surface area contributed by atoms with Crippen LogP contribution in [0, 0.1) is 6.92 Å². The van der Waals surface area contributed by atoms with Crippen molar-refractivity contribution in [2.24, 2.45) is 7.05 Å². The zero-order valence-corrected chi connectivity index (χ0v) is 11.4. The number of aryl methyl sites for hydroxylation is 2. The molecule has 0 radical (unpaired) electrons. The molecule has 1 aromatic heterocycles. The molecule has 1 aromatic rings. The van der Waals surface area contributed by atoms with Crippen molar-refractivity contribution in [3.05, 3.63) is 11.4 Å². The number of carbonyl (C=O) groups excluding carboxylic acids is 2. The largest absolute Gasteiger partial charge is 0.395 e. The van der Waals surface area contributed by atoms with Gasteiger partial charge in [-0.15, -0.1) is 0 Å². The Morgan fingerprint density at radius 2 is 2.16 bits per heavy atom. The number of aromatic nitrogens is 2. The Morgan fingerprint density at radius 3 is 2.68 bits per heavy atom. The first-order chi connectivity index (χ1) is 8.97. The highest BCUT2D eigenvalue weighted by Crippen LogP contribution is 2.23. The Bertz CT molecular complexity index is 522. The van der Waals surface area contributed by atoms with Crippen LogP contribution in [0.2, 0.25) is 0 Å². The van der Waals surface area contributed by atoms with Gasteiger partial charge in [0.25, 0.3) is 5.91 Å². The summed E-state index contributed by atoms with van der Waals surface area (Å²) < 4.78 is 1.48. The minimum Gasteiger partial charge on any atom is -0.395 e. The number of carbonyl (C=O) groups is 2. The average molecular weight is 265 g/mol. The lowest BCUT2D eigenvalue weighted by Crippen LogP contribution is -2.45. The van der Waals surface area contributed by atoms with Gasteiger partial charge in [0.15, 0.2) is 0 Å². The lowest BCUT2D eigenvalue weighted by Gasteiger charge is -2.23. The molecule has 1 aliphatic heterocycles. The van der Waals surface area contributed by atoms with Crippen molar-refractivity contribution >= 4 is 17.5 Å².